The number of H-pyrrole nitrogens is 1. The lowest BCUT2D eigenvalue weighted by atomic mass is 9.83. The maximum atomic E-state index is 13.1. The van der Waals surface area contributed by atoms with Gasteiger partial charge in [0.15, 0.2) is 0 Å². The van der Waals surface area contributed by atoms with Crippen LogP contribution in [0.3, 0.4) is 0 Å². The Morgan fingerprint density at radius 2 is 1.95 bits per heavy atom. The van der Waals surface area contributed by atoms with Gasteiger partial charge in [-0.2, -0.15) is 11.8 Å². The number of rotatable bonds is 2. The number of hydrogen-bond donors (Lipinski definition) is 1. The van der Waals surface area contributed by atoms with Crippen LogP contribution < -0.4 is 0 Å². The Morgan fingerprint density at radius 3 is 2.65 bits per heavy atom. The Bertz CT molecular complexity index is 705. The summed E-state index contributed by atoms with van der Waals surface area (Å²) >= 11 is 7.25. The zero-order valence-electron chi connectivity index (χ0n) is 11.4. The Kier molecular flexibility index (Phi) is 3.42. The molecule has 20 heavy (non-hydrogen) atoms. The van der Waals surface area contributed by atoms with Crippen molar-refractivity contribution in [2.75, 3.05) is 0 Å². The minimum Gasteiger partial charge on any atom is -0.345 e. The summed E-state index contributed by atoms with van der Waals surface area (Å²) in [6.07, 6.45) is 0. The number of thioether (sulfide) groups is 1. The average molecular weight is 306 g/mol. The zero-order valence-corrected chi connectivity index (χ0v) is 13.0. The lowest BCUT2D eigenvalue weighted by molar-refractivity contribution is 0.578. The quantitative estimate of drug-likeness (QED) is 0.836. The molecule has 1 aromatic heterocycles. The number of halogens is 1. The molecule has 0 unspecified atom stereocenters. The smallest absolute Gasteiger partial charge is 0.134 e. The molecule has 0 fully saturated rings. The maximum absolute atomic E-state index is 13.1. The molecule has 0 aliphatic carbocycles. The first-order valence-corrected chi connectivity index (χ1v) is 8.01. The molecule has 0 atom stereocenters. The second kappa shape index (κ2) is 4.97. The van der Waals surface area contributed by atoms with Crippen molar-refractivity contribution in [3.05, 3.63) is 57.4 Å². The SMILES string of the molecule is CC(C)(c1ccc(F)cc1)c1nc(=S)c2c([nH]1)CSC2. The molecule has 2 nitrogen and oxygen atoms in total. The molecule has 0 radical (unpaired) electrons. The molecule has 104 valence electrons. The van der Waals surface area contributed by atoms with Crippen LogP contribution in [-0.2, 0) is 16.9 Å². The van der Waals surface area contributed by atoms with Crippen LogP contribution in [0.15, 0.2) is 24.3 Å². The van der Waals surface area contributed by atoms with Gasteiger partial charge in [0, 0.05) is 28.2 Å². The fraction of sp³-hybridized carbons (Fsp3) is 0.333. The van der Waals surface area contributed by atoms with E-state index in [4.69, 9.17) is 12.2 Å². The van der Waals surface area contributed by atoms with Crippen LogP contribution in [0, 0.1) is 10.5 Å². The fourth-order valence-corrected chi connectivity index (χ4v) is 3.82. The van der Waals surface area contributed by atoms with Gasteiger partial charge in [-0.1, -0.05) is 24.4 Å². The highest BCUT2D eigenvalue weighted by Gasteiger charge is 2.28. The van der Waals surface area contributed by atoms with Crippen LogP contribution in [0.5, 0.6) is 0 Å². The van der Waals surface area contributed by atoms with Gasteiger partial charge in [0.05, 0.1) is 0 Å². The number of hydrogen-bond acceptors (Lipinski definition) is 3. The Hall–Kier alpha value is -1.20. The summed E-state index contributed by atoms with van der Waals surface area (Å²) in [5, 5.41) is 0. The summed E-state index contributed by atoms with van der Waals surface area (Å²) in [4.78, 5) is 7.99. The van der Waals surface area contributed by atoms with Gasteiger partial charge in [-0.3, -0.25) is 0 Å². The number of fused-ring (bicyclic) bond motifs is 1. The van der Waals surface area contributed by atoms with E-state index >= 15 is 0 Å². The third-order valence-electron chi connectivity index (χ3n) is 3.76. The van der Waals surface area contributed by atoms with E-state index in [1.165, 1.54) is 17.8 Å². The molecule has 0 bridgehead atoms. The number of aromatic amines is 1. The molecule has 2 aromatic rings. The molecule has 0 saturated heterocycles. The Morgan fingerprint density at radius 1 is 1.25 bits per heavy atom. The van der Waals surface area contributed by atoms with Crippen LogP contribution >= 0.6 is 24.0 Å². The summed E-state index contributed by atoms with van der Waals surface area (Å²) in [5.74, 6) is 2.51. The molecule has 5 heteroatoms. The van der Waals surface area contributed by atoms with Crippen molar-refractivity contribution >= 4 is 24.0 Å². The van der Waals surface area contributed by atoms with Crippen LogP contribution in [0.1, 0.15) is 36.5 Å². The standard InChI is InChI=1S/C15H15FN2S2/c1-15(2,9-3-5-10(16)6-4-9)14-17-12-8-20-7-11(12)13(19)18-14/h3-6H,7-8H2,1-2H3,(H,17,18,19). The van der Waals surface area contributed by atoms with Gasteiger partial charge in [0.2, 0.25) is 0 Å². The van der Waals surface area contributed by atoms with E-state index in [9.17, 15) is 4.39 Å². The highest BCUT2D eigenvalue weighted by atomic mass is 32.2. The molecule has 1 aliphatic rings. The largest absolute Gasteiger partial charge is 0.345 e. The molecule has 1 aromatic carbocycles. The summed E-state index contributed by atoms with van der Waals surface area (Å²) in [6.45, 7) is 4.14. The van der Waals surface area contributed by atoms with Gasteiger partial charge in [-0.25, -0.2) is 9.37 Å². The number of nitrogens with zero attached hydrogens (tertiary/aromatic N) is 1. The van der Waals surface area contributed by atoms with Crippen LogP contribution in [0.2, 0.25) is 0 Å². The summed E-state index contributed by atoms with van der Waals surface area (Å²) in [7, 11) is 0. The predicted octanol–water partition coefficient (Wildman–Crippen LogP) is 4.35. The number of nitrogens with one attached hydrogen (secondary N) is 1. The van der Waals surface area contributed by atoms with Gasteiger partial charge in [0.1, 0.15) is 16.3 Å². The molecule has 0 spiro atoms. The van der Waals surface area contributed by atoms with E-state index in [1.807, 2.05) is 11.8 Å². The second-order valence-electron chi connectivity index (χ2n) is 5.47. The van der Waals surface area contributed by atoms with E-state index in [2.05, 4.69) is 23.8 Å². The van der Waals surface area contributed by atoms with Gasteiger partial charge in [0.25, 0.3) is 0 Å². The minimum absolute atomic E-state index is 0.226. The van der Waals surface area contributed by atoms with Gasteiger partial charge in [-0.05, 0) is 31.5 Å². The van der Waals surface area contributed by atoms with Crippen molar-refractivity contribution in [2.24, 2.45) is 0 Å². The molecule has 0 amide bonds. The lowest BCUT2D eigenvalue weighted by Crippen LogP contribution is -2.23. The number of aromatic nitrogens is 2. The summed E-state index contributed by atoms with van der Waals surface area (Å²) < 4.78 is 13.8. The molecular formula is C15H15FN2S2. The van der Waals surface area contributed by atoms with Crippen molar-refractivity contribution < 1.29 is 4.39 Å². The minimum atomic E-state index is -0.330. The van der Waals surface area contributed by atoms with Gasteiger partial charge >= 0.3 is 0 Å². The van der Waals surface area contributed by atoms with Crippen molar-refractivity contribution in [1.29, 1.82) is 0 Å². The highest BCUT2D eigenvalue weighted by molar-refractivity contribution is 7.98. The topological polar surface area (TPSA) is 28.7 Å². The monoisotopic (exact) mass is 306 g/mol. The molecule has 2 heterocycles. The summed E-state index contributed by atoms with van der Waals surface area (Å²) in [5.41, 5.74) is 3.02. The number of benzene rings is 1. The molecule has 1 N–H and O–H groups in total. The van der Waals surface area contributed by atoms with Crippen LogP contribution in [0.25, 0.3) is 0 Å². The van der Waals surface area contributed by atoms with Crippen LogP contribution in [0.4, 0.5) is 4.39 Å². The van der Waals surface area contributed by atoms with Crippen molar-refractivity contribution in [3.8, 4) is 0 Å². The van der Waals surface area contributed by atoms with Crippen molar-refractivity contribution in [3.63, 3.8) is 0 Å². The summed E-state index contributed by atoms with van der Waals surface area (Å²) in [6, 6.07) is 6.57. The van der Waals surface area contributed by atoms with Crippen LogP contribution in [-0.4, -0.2) is 9.97 Å². The van der Waals surface area contributed by atoms with E-state index in [1.54, 1.807) is 12.1 Å². The third-order valence-corrected chi connectivity index (χ3v) is 5.08. The average Bonchev–Trinajstić information content (AvgIpc) is 2.88. The lowest BCUT2D eigenvalue weighted by Gasteiger charge is -2.25. The van der Waals surface area contributed by atoms with E-state index in [0.717, 1.165) is 28.5 Å². The van der Waals surface area contributed by atoms with E-state index < -0.39 is 0 Å². The van der Waals surface area contributed by atoms with Gasteiger partial charge in [-0.15, -0.1) is 0 Å². The Labute approximate surface area is 126 Å². The normalized spacial score (nSPS) is 14.3. The maximum Gasteiger partial charge on any atom is 0.134 e. The molecular weight excluding hydrogens is 291 g/mol. The zero-order chi connectivity index (χ0) is 14.3. The second-order valence-corrected chi connectivity index (χ2v) is 6.84. The van der Waals surface area contributed by atoms with Gasteiger partial charge < -0.3 is 4.98 Å². The highest BCUT2D eigenvalue weighted by Crippen LogP contribution is 2.33. The first kappa shape index (κ1) is 13.8. The molecule has 0 saturated carbocycles. The molecule has 1 aliphatic heterocycles. The fourth-order valence-electron chi connectivity index (χ4n) is 2.37. The first-order valence-electron chi connectivity index (χ1n) is 6.45. The van der Waals surface area contributed by atoms with Crippen molar-refractivity contribution in [1.82, 2.24) is 9.97 Å². The first-order chi connectivity index (χ1) is 9.48. The van der Waals surface area contributed by atoms with E-state index in [-0.39, 0.29) is 11.2 Å². The third kappa shape index (κ3) is 2.29. The van der Waals surface area contributed by atoms with E-state index in [0.29, 0.717) is 4.64 Å². The predicted molar refractivity (Wildman–Crippen MR) is 82.9 cm³/mol. The Balaban J connectivity index is 2.09. The van der Waals surface area contributed by atoms with Crippen molar-refractivity contribution in [2.45, 2.75) is 30.8 Å². The molecule has 3 rings (SSSR count).